The normalized spacial score (nSPS) is 11.8. The van der Waals surface area contributed by atoms with Crippen LogP contribution in [-0.2, 0) is 0 Å². The summed E-state index contributed by atoms with van der Waals surface area (Å²) in [6.07, 6.45) is 0. The van der Waals surface area contributed by atoms with Gasteiger partial charge in [-0.1, -0.05) is 109 Å². The summed E-state index contributed by atoms with van der Waals surface area (Å²) in [6.45, 7) is 0. The topological polar surface area (TPSA) is 35.1 Å². The van der Waals surface area contributed by atoms with Gasteiger partial charge in [0.15, 0.2) is 0 Å². The van der Waals surface area contributed by atoms with Crippen molar-refractivity contribution in [3.05, 3.63) is 146 Å². The van der Waals surface area contributed by atoms with Crippen LogP contribution < -0.4 is 0 Å². The molecule has 0 fully saturated rings. The van der Waals surface area contributed by atoms with Crippen molar-refractivity contribution in [2.75, 3.05) is 0 Å². The molecule has 0 amide bonds. The lowest BCUT2D eigenvalue weighted by atomic mass is 10.0. The maximum Gasteiger partial charge on any atom is 0.221 e. The van der Waals surface area contributed by atoms with Crippen LogP contribution in [-0.4, -0.2) is 18.9 Å². The van der Waals surface area contributed by atoms with Crippen molar-refractivity contribution in [1.29, 1.82) is 0 Å². The lowest BCUT2D eigenvalue weighted by Gasteiger charge is -2.13. The van der Waals surface area contributed by atoms with Gasteiger partial charge >= 0.3 is 0 Å². The Kier molecular flexibility index (Phi) is 4.87. The van der Waals surface area contributed by atoms with Gasteiger partial charge in [0.05, 0.1) is 27.6 Å². The first-order chi connectivity index (χ1) is 20.8. The molecule has 3 aromatic heterocycles. The highest BCUT2D eigenvalue weighted by Crippen LogP contribution is 2.38. The van der Waals surface area contributed by atoms with E-state index in [9.17, 15) is 0 Å². The molecule has 6 aromatic carbocycles. The van der Waals surface area contributed by atoms with Gasteiger partial charge in [0.1, 0.15) is 5.65 Å². The SMILES string of the molecule is c1ccc(-c2ccc3c4ccc(-c5ccccc5)cc4n(-c4nc5ccccc5c5nc6ccccc6n45)c3c2)cc1. The second kappa shape index (κ2) is 8.88. The minimum atomic E-state index is 0.827. The van der Waals surface area contributed by atoms with E-state index in [1.165, 1.54) is 33.0 Å². The molecule has 0 aliphatic carbocycles. The largest absolute Gasteiger partial charge is 0.279 e. The van der Waals surface area contributed by atoms with E-state index in [0.29, 0.717) is 0 Å². The number of hydrogen-bond acceptors (Lipinski definition) is 2. The van der Waals surface area contributed by atoms with Gasteiger partial charge in [-0.3, -0.25) is 8.97 Å². The molecule has 0 atom stereocenters. The van der Waals surface area contributed by atoms with Gasteiger partial charge in [-0.05, 0) is 58.7 Å². The van der Waals surface area contributed by atoms with E-state index in [2.05, 4.69) is 142 Å². The van der Waals surface area contributed by atoms with Gasteiger partial charge in [-0.15, -0.1) is 0 Å². The summed E-state index contributed by atoms with van der Waals surface area (Å²) in [4.78, 5) is 10.5. The van der Waals surface area contributed by atoms with E-state index in [0.717, 1.165) is 44.6 Å². The lowest BCUT2D eigenvalue weighted by molar-refractivity contribution is 0.979. The molecule has 42 heavy (non-hydrogen) atoms. The maximum atomic E-state index is 5.36. The summed E-state index contributed by atoms with van der Waals surface area (Å²) in [6, 6.07) is 51.3. The highest BCUT2D eigenvalue weighted by molar-refractivity contribution is 6.11. The Balaban J connectivity index is 1.47. The Labute approximate surface area is 241 Å². The summed E-state index contributed by atoms with van der Waals surface area (Å²) in [5.41, 5.74) is 10.7. The van der Waals surface area contributed by atoms with Crippen molar-refractivity contribution in [3.63, 3.8) is 0 Å². The quantitative estimate of drug-likeness (QED) is 0.225. The predicted molar refractivity (Wildman–Crippen MR) is 173 cm³/mol. The van der Waals surface area contributed by atoms with Gasteiger partial charge in [0.25, 0.3) is 0 Å². The Bertz CT molecular complexity index is 2360. The van der Waals surface area contributed by atoms with Crippen molar-refractivity contribution in [2.24, 2.45) is 0 Å². The Morgan fingerprint density at radius 2 is 0.929 bits per heavy atom. The molecule has 0 spiro atoms. The third-order valence-electron chi connectivity index (χ3n) is 8.31. The number of benzene rings is 6. The van der Waals surface area contributed by atoms with Crippen LogP contribution in [0.15, 0.2) is 146 Å². The van der Waals surface area contributed by atoms with Gasteiger partial charge < -0.3 is 0 Å². The first-order valence-corrected chi connectivity index (χ1v) is 14.2. The molecular formula is C38H24N4. The van der Waals surface area contributed by atoms with Gasteiger partial charge in [-0.2, -0.15) is 0 Å². The zero-order valence-electron chi connectivity index (χ0n) is 22.6. The van der Waals surface area contributed by atoms with Gasteiger partial charge in [0, 0.05) is 16.2 Å². The minimum Gasteiger partial charge on any atom is -0.279 e. The monoisotopic (exact) mass is 536 g/mol. The molecule has 0 radical (unpaired) electrons. The fourth-order valence-electron chi connectivity index (χ4n) is 6.33. The van der Waals surface area contributed by atoms with Crippen LogP contribution >= 0.6 is 0 Å². The molecule has 4 heteroatoms. The standard InChI is InChI=1S/C38H24N4/c1-3-11-25(12-4-1)27-19-21-29-30-22-20-28(26-13-5-2-6-14-26)24-36(30)41(35(29)23-27)38-40-32-16-8-7-15-31(32)37-39-33-17-9-10-18-34(33)42(37)38/h1-24H. The van der Waals surface area contributed by atoms with Crippen molar-refractivity contribution in [1.82, 2.24) is 18.9 Å². The highest BCUT2D eigenvalue weighted by Gasteiger charge is 2.20. The molecule has 0 aliphatic rings. The zero-order valence-corrected chi connectivity index (χ0v) is 22.6. The smallest absolute Gasteiger partial charge is 0.221 e. The summed E-state index contributed by atoms with van der Waals surface area (Å²) < 4.78 is 4.55. The first-order valence-electron chi connectivity index (χ1n) is 14.2. The second-order valence-electron chi connectivity index (χ2n) is 10.7. The Morgan fingerprint density at radius 3 is 1.57 bits per heavy atom. The van der Waals surface area contributed by atoms with E-state index in [1.807, 2.05) is 12.1 Å². The Hall–Kier alpha value is -5.74. The second-order valence-corrected chi connectivity index (χ2v) is 10.7. The molecule has 0 N–H and O–H groups in total. The van der Waals surface area contributed by atoms with Crippen LogP contribution in [0.2, 0.25) is 0 Å². The number of rotatable bonds is 3. The number of imidazole rings is 1. The average Bonchev–Trinajstić information content (AvgIpc) is 3.61. The van der Waals surface area contributed by atoms with Crippen molar-refractivity contribution in [2.45, 2.75) is 0 Å². The average molecular weight is 537 g/mol. The summed E-state index contributed by atoms with van der Waals surface area (Å²) >= 11 is 0. The van der Waals surface area contributed by atoms with Crippen LogP contribution in [0, 0.1) is 0 Å². The number of hydrogen-bond donors (Lipinski definition) is 0. The molecule has 0 aliphatic heterocycles. The molecule has 196 valence electrons. The van der Waals surface area contributed by atoms with Crippen LogP contribution in [0.4, 0.5) is 0 Å². The molecular weight excluding hydrogens is 512 g/mol. The van der Waals surface area contributed by atoms with Gasteiger partial charge in [-0.25, -0.2) is 9.97 Å². The Morgan fingerprint density at radius 1 is 0.381 bits per heavy atom. The summed E-state index contributed by atoms with van der Waals surface area (Å²) in [5.74, 6) is 0.827. The van der Waals surface area contributed by atoms with E-state index in [1.54, 1.807) is 0 Å². The van der Waals surface area contributed by atoms with Crippen LogP contribution in [0.5, 0.6) is 0 Å². The fraction of sp³-hybridized carbons (Fsp3) is 0. The van der Waals surface area contributed by atoms with Crippen molar-refractivity contribution < 1.29 is 0 Å². The molecule has 9 rings (SSSR count). The highest BCUT2D eigenvalue weighted by atomic mass is 15.2. The molecule has 0 unspecified atom stereocenters. The number of nitrogens with zero attached hydrogens (tertiary/aromatic N) is 4. The zero-order chi connectivity index (χ0) is 27.6. The van der Waals surface area contributed by atoms with E-state index in [4.69, 9.17) is 9.97 Å². The summed E-state index contributed by atoms with van der Waals surface area (Å²) in [5, 5.41) is 3.42. The van der Waals surface area contributed by atoms with Gasteiger partial charge in [0.2, 0.25) is 5.95 Å². The molecule has 0 saturated carbocycles. The minimum absolute atomic E-state index is 0.827. The molecule has 4 nitrogen and oxygen atoms in total. The predicted octanol–water partition coefficient (Wildman–Crippen LogP) is 9.47. The maximum absolute atomic E-state index is 5.36. The third kappa shape index (κ3) is 3.36. The van der Waals surface area contributed by atoms with Crippen LogP contribution in [0.3, 0.4) is 0 Å². The number of aromatic nitrogens is 4. The van der Waals surface area contributed by atoms with E-state index >= 15 is 0 Å². The van der Waals surface area contributed by atoms with Crippen molar-refractivity contribution in [3.8, 4) is 28.2 Å². The van der Waals surface area contributed by atoms with E-state index < -0.39 is 0 Å². The molecule has 3 heterocycles. The summed E-state index contributed by atoms with van der Waals surface area (Å²) in [7, 11) is 0. The fourth-order valence-corrected chi connectivity index (χ4v) is 6.33. The number of fused-ring (bicyclic) bond motifs is 8. The molecule has 9 aromatic rings. The number of para-hydroxylation sites is 3. The van der Waals surface area contributed by atoms with Crippen LogP contribution in [0.1, 0.15) is 0 Å². The molecule has 0 bridgehead atoms. The van der Waals surface area contributed by atoms with Crippen molar-refractivity contribution >= 4 is 49.4 Å². The van der Waals surface area contributed by atoms with Crippen LogP contribution in [0.25, 0.3) is 77.6 Å². The van der Waals surface area contributed by atoms with E-state index in [-0.39, 0.29) is 0 Å². The molecule has 0 saturated heterocycles. The lowest BCUT2D eigenvalue weighted by Crippen LogP contribution is -2.06. The third-order valence-corrected chi connectivity index (χ3v) is 8.31. The first kappa shape index (κ1) is 23.0.